The van der Waals surface area contributed by atoms with Crippen LogP contribution in [-0.2, 0) is 6.54 Å². The molecule has 0 aliphatic rings. The summed E-state index contributed by atoms with van der Waals surface area (Å²) in [5.74, 6) is 0. The number of urea groups is 1. The van der Waals surface area contributed by atoms with Crippen LogP contribution >= 0.6 is 11.3 Å². The minimum Gasteiger partial charge on any atom is -0.331 e. The number of aromatic nitrogens is 1. The second-order valence-corrected chi connectivity index (χ2v) is 7.63. The van der Waals surface area contributed by atoms with E-state index in [4.69, 9.17) is 0 Å². The minimum atomic E-state index is -0.0777. The number of amides is 2. The number of hydrogen-bond acceptors (Lipinski definition) is 3. The number of nitrogens with one attached hydrogen (secondary N) is 1. The Bertz CT molecular complexity index is 903. The Kier molecular flexibility index (Phi) is 5.04. The molecule has 0 radical (unpaired) electrons. The van der Waals surface area contributed by atoms with Crippen molar-refractivity contribution in [3.63, 3.8) is 0 Å². The van der Waals surface area contributed by atoms with E-state index in [0.29, 0.717) is 6.54 Å². The molecule has 3 aromatic rings. The number of aryl methyl sites for hydroxylation is 2. The van der Waals surface area contributed by atoms with Gasteiger partial charge in [0, 0.05) is 18.5 Å². The summed E-state index contributed by atoms with van der Waals surface area (Å²) in [5.41, 5.74) is 2.11. The Balaban J connectivity index is 1.66. The number of hydrogen-bond donors (Lipinski definition) is 1. The van der Waals surface area contributed by atoms with Crippen LogP contribution in [0.5, 0.6) is 0 Å². The fourth-order valence-electron chi connectivity index (χ4n) is 2.99. The average Bonchev–Trinajstić information content (AvgIpc) is 2.93. The van der Waals surface area contributed by atoms with E-state index in [0.717, 1.165) is 21.1 Å². The highest BCUT2D eigenvalue weighted by molar-refractivity contribution is 7.11. The molecule has 1 atom stereocenters. The van der Waals surface area contributed by atoms with Gasteiger partial charge in [-0.15, -0.1) is 11.3 Å². The summed E-state index contributed by atoms with van der Waals surface area (Å²) in [6.07, 6.45) is 0. The van der Waals surface area contributed by atoms with Crippen LogP contribution < -0.4 is 5.32 Å². The lowest BCUT2D eigenvalue weighted by atomic mass is 10.1. The first-order valence-electron chi connectivity index (χ1n) is 8.37. The molecule has 2 amide bonds. The van der Waals surface area contributed by atoms with Crippen molar-refractivity contribution in [3.8, 4) is 0 Å². The Morgan fingerprint density at radius 1 is 1.20 bits per heavy atom. The van der Waals surface area contributed by atoms with Gasteiger partial charge >= 0.3 is 6.03 Å². The third kappa shape index (κ3) is 3.99. The van der Waals surface area contributed by atoms with Gasteiger partial charge in [0.2, 0.25) is 0 Å². The monoisotopic (exact) mass is 353 g/mol. The normalized spacial score (nSPS) is 12.2. The number of thiazole rings is 1. The van der Waals surface area contributed by atoms with Crippen LogP contribution in [0.1, 0.15) is 34.1 Å². The van der Waals surface area contributed by atoms with Gasteiger partial charge in [-0.05, 0) is 43.2 Å². The SMILES string of the molecule is Cc1nc(C)c([C@@H](C)NC(=O)N(C)Cc2ccc3ccccc3c2)s1. The first kappa shape index (κ1) is 17.4. The standard InChI is InChI=1S/C20H23N3OS/c1-13-19(25-15(3)21-13)14(2)22-20(24)23(4)12-16-9-10-17-7-5-6-8-18(17)11-16/h5-11,14H,12H2,1-4H3,(H,22,24)/t14-/m1/s1. The van der Waals surface area contributed by atoms with E-state index in [1.165, 1.54) is 10.8 Å². The quantitative estimate of drug-likeness (QED) is 0.731. The summed E-state index contributed by atoms with van der Waals surface area (Å²) in [7, 11) is 1.82. The van der Waals surface area contributed by atoms with Crippen molar-refractivity contribution >= 4 is 28.1 Å². The summed E-state index contributed by atoms with van der Waals surface area (Å²) in [5, 5.41) is 6.49. The Labute approximate surface area is 152 Å². The van der Waals surface area contributed by atoms with Crippen LogP contribution in [0.15, 0.2) is 42.5 Å². The highest BCUT2D eigenvalue weighted by Gasteiger charge is 2.17. The van der Waals surface area contributed by atoms with Gasteiger partial charge in [0.15, 0.2) is 0 Å². The lowest BCUT2D eigenvalue weighted by molar-refractivity contribution is 0.203. The van der Waals surface area contributed by atoms with E-state index in [9.17, 15) is 4.79 Å². The number of rotatable bonds is 4. The third-order valence-electron chi connectivity index (χ3n) is 4.25. The Morgan fingerprint density at radius 2 is 1.92 bits per heavy atom. The van der Waals surface area contributed by atoms with Gasteiger partial charge in [0.25, 0.3) is 0 Å². The summed E-state index contributed by atoms with van der Waals surface area (Å²) in [6, 6.07) is 14.4. The third-order valence-corrected chi connectivity index (χ3v) is 5.51. The van der Waals surface area contributed by atoms with Gasteiger partial charge in [0.1, 0.15) is 0 Å². The molecule has 0 unspecified atom stereocenters. The fourth-order valence-corrected chi connectivity index (χ4v) is 3.92. The number of carbonyl (C=O) groups excluding carboxylic acids is 1. The molecule has 5 heteroatoms. The first-order valence-corrected chi connectivity index (χ1v) is 9.19. The van der Waals surface area contributed by atoms with Gasteiger partial charge in [-0.2, -0.15) is 0 Å². The average molecular weight is 353 g/mol. The fraction of sp³-hybridized carbons (Fsp3) is 0.300. The summed E-state index contributed by atoms with van der Waals surface area (Å²) in [4.78, 5) is 19.8. The van der Waals surface area contributed by atoms with Crippen LogP contribution in [0.3, 0.4) is 0 Å². The minimum absolute atomic E-state index is 0.0437. The molecule has 4 nitrogen and oxygen atoms in total. The Morgan fingerprint density at radius 3 is 2.60 bits per heavy atom. The van der Waals surface area contributed by atoms with Crippen molar-refractivity contribution in [3.05, 3.63) is 63.6 Å². The maximum atomic E-state index is 12.5. The van der Waals surface area contributed by atoms with Crippen molar-refractivity contribution in [1.29, 1.82) is 0 Å². The zero-order valence-corrected chi connectivity index (χ0v) is 15.9. The molecule has 1 N–H and O–H groups in total. The van der Waals surface area contributed by atoms with Gasteiger partial charge < -0.3 is 10.2 Å². The molecule has 0 aliphatic carbocycles. The number of benzene rings is 2. The highest BCUT2D eigenvalue weighted by atomic mass is 32.1. The molecule has 0 spiro atoms. The van der Waals surface area contributed by atoms with E-state index >= 15 is 0 Å². The molecule has 0 saturated carbocycles. The van der Waals surface area contributed by atoms with Crippen LogP contribution in [0.25, 0.3) is 10.8 Å². The van der Waals surface area contributed by atoms with E-state index in [1.807, 2.05) is 40.0 Å². The van der Waals surface area contributed by atoms with Crippen molar-refractivity contribution in [2.75, 3.05) is 7.05 Å². The summed E-state index contributed by atoms with van der Waals surface area (Å²) in [6.45, 7) is 6.55. The second-order valence-electron chi connectivity index (χ2n) is 6.39. The molecule has 0 saturated heterocycles. The van der Waals surface area contributed by atoms with E-state index in [-0.39, 0.29) is 12.1 Å². The van der Waals surface area contributed by atoms with Gasteiger partial charge in [0.05, 0.1) is 16.7 Å². The maximum Gasteiger partial charge on any atom is 0.317 e. The topological polar surface area (TPSA) is 45.2 Å². The molecule has 2 aromatic carbocycles. The molecular weight excluding hydrogens is 330 g/mol. The highest BCUT2D eigenvalue weighted by Crippen LogP contribution is 2.24. The molecule has 1 heterocycles. The zero-order valence-electron chi connectivity index (χ0n) is 15.0. The second kappa shape index (κ2) is 7.23. The van der Waals surface area contributed by atoms with Crippen LogP contribution in [0.4, 0.5) is 4.79 Å². The molecule has 130 valence electrons. The van der Waals surface area contributed by atoms with Crippen molar-refractivity contribution in [2.45, 2.75) is 33.4 Å². The number of nitrogens with zero attached hydrogens (tertiary/aromatic N) is 2. The van der Waals surface area contributed by atoms with E-state index in [2.05, 4.69) is 40.6 Å². The largest absolute Gasteiger partial charge is 0.331 e. The number of fused-ring (bicyclic) bond motifs is 1. The first-order chi connectivity index (χ1) is 11.9. The van der Waals surface area contributed by atoms with Gasteiger partial charge in [-0.3, -0.25) is 0 Å². The van der Waals surface area contributed by atoms with Crippen LogP contribution in [0.2, 0.25) is 0 Å². The lowest BCUT2D eigenvalue weighted by Crippen LogP contribution is -2.38. The van der Waals surface area contributed by atoms with Crippen molar-refractivity contribution in [1.82, 2.24) is 15.2 Å². The number of carbonyl (C=O) groups is 1. The molecule has 0 fully saturated rings. The predicted molar refractivity (Wildman–Crippen MR) is 104 cm³/mol. The van der Waals surface area contributed by atoms with Gasteiger partial charge in [-0.25, -0.2) is 9.78 Å². The summed E-state index contributed by atoms with van der Waals surface area (Å²) < 4.78 is 0. The molecule has 25 heavy (non-hydrogen) atoms. The van der Waals surface area contributed by atoms with Crippen LogP contribution in [-0.4, -0.2) is 23.0 Å². The van der Waals surface area contributed by atoms with Crippen molar-refractivity contribution < 1.29 is 4.79 Å². The van der Waals surface area contributed by atoms with Gasteiger partial charge in [-0.1, -0.05) is 36.4 Å². The lowest BCUT2D eigenvalue weighted by Gasteiger charge is -2.21. The molecule has 3 rings (SSSR count). The smallest absolute Gasteiger partial charge is 0.317 e. The summed E-state index contributed by atoms with van der Waals surface area (Å²) >= 11 is 1.64. The maximum absolute atomic E-state index is 12.5. The predicted octanol–water partition coefficient (Wildman–Crippen LogP) is 4.82. The zero-order chi connectivity index (χ0) is 18.0. The van der Waals surface area contributed by atoms with E-state index in [1.54, 1.807) is 16.2 Å². The van der Waals surface area contributed by atoms with Crippen molar-refractivity contribution in [2.24, 2.45) is 0 Å². The molecule has 0 aliphatic heterocycles. The molecule has 1 aromatic heterocycles. The molecule has 0 bridgehead atoms. The Hall–Kier alpha value is -2.40. The van der Waals surface area contributed by atoms with E-state index < -0.39 is 0 Å². The molecular formula is C20H23N3OS. The van der Waals surface area contributed by atoms with Crippen LogP contribution in [0, 0.1) is 13.8 Å².